The van der Waals surface area contributed by atoms with Crippen molar-refractivity contribution in [1.82, 2.24) is 15.0 Å². The molecule has 0 radical (unpaired) electrons. The number of rotatable bonds is 8. The van der Waals surface area contributed by atoms with Crippen LogP contribution in [-0.2, 0) is 21.3 Å². The molecule has 148 valence electrons. The van der Waals surface area contributed by atoms with Gasteiger partial charge in [0.1, 0.15) is 5.69 Å². The van der Waals surface area contributed by atoms with Crippen LogP contribution in [0, 0.1) is 0 Å². The zero-order valence-corrected chi connectivity index (χ0v) is 16.7. The molecule has 3 rings (SSSR count). The van der Waals surface area contributed by atoms with Gasteiger partial charge in [-0.05, 0) is 29.8 Å². The predicted octanol–water partition coefficient (Wildman–Crippen LogP) is 2.68. The molecule has 0 fully saturated rings. The second-order valence-corrected chi connectivity index (χ2v) is 8.28. The van der Waals surface area contributed by atoms with Crippen molar-refractivity contribution in [2.24, 2.45) is 0 Å². The number of benzene rings is 2. The summed E-state index contributed by atoms with van der Waals surface area (Å²) < 4.78 is 31.5. The zero-order chi connectivity index (χ0) is 20.1. The van der Waals surface area contributed by atoms with Gasteiger partial charge in [0, 0.05) is 25.6 Å². The summed E-state index contributed by atoms with van der Waals surface area (Å²) in [5, 5.41) is 4.20. The van der Waals surface area contributed by atoms with Gasteiger partial charge in [-0.1, -0.05) is 35.9 Å². The van der Waals surface area contributed by atoms with E-state index in [1.807, 2.05) is 12.1 Å². The maximum atomic E-state index is 12.4. The summed E-state index contributed by atoms with van der Waals surface area (Å²) in [5.74, 6) is -0.273. The van der Waals surface area contributed by atoms with Crippen LogP contribution in [-0.4, -0.2) is 39.6 Å². The fraction of sp³-hybridized carbons (Fsp3) is 0.211. The first-order chi connectivity index (χ1) is 13.4. The van der Waals surface area contributed by atoms with E-state index >= 15 is 0 Å². The standard InChI is InChI=1S/C19H20ClN3O4S/c1-27-10-9-22-28(25,26)15-7-5-13(6-8-15)12-21-19(24)17-11-14-3-2-4-16(20)18(14)23-17/h2-8,11,22-23H,9-10,12H2,1H3,(H,21,24). The summed E-state index contributed by atoms with van der Waals surface area (Å²) in [6.45, 7) is 0.757. The van der Waals surface area contributed by atoms with Crippen LogP contribution in [0.15, 0.2) is 53.4 Å². The molecule has 0 aliphatic heterocycles. The Morgan fingerprint density at radius 1 is 1.18 bits per heavy atom. The average molecular weight is 422 g/mol. The molecule has 28 heavy (non-hydrogen) atoms. The molecule has 7 nitrogen and oxygen atoms in total. The molecule has 3 aromatic rings. The molecule has 0 saturated heterocycles. The first kappa shape index (κ1) is 20.3. The van der Waals surface area contributed by atoms with E-state index in [2.05, 4.69) is 15.0 Å². The van der Waals surface area contributed by atoms with E-state index in [0.717, 1.165) is 10.9 Å². The van der Waals surface area contributed by atoms with Gasteiger partial charge < -0.3 is 15.0 Å². The highest BCUT2D eigenvalue weighted by atomic mass is 35.5. The van der Waals surface area contributed by atoms with Gasteiger partial charge in [-0.15, -0.1) is 0 Å². The summed E-state index contributed by atoms with van der Waals surface area (Å²) in [6.07, 6.45) is 0. The third-order valence-corrected chi connectivity index (χ3v) is 5.93. The van der Waals surface area contributed by atoms with Crippen molar-refractivity contribution in [1.29, 1.82) is 0 Å². The Morgan fingerprint density at radius 3 is 2.61 bits per heavy atom. The highest BCUT2D eigenvalue weighted by molar-refractivity contribution is 7.89. The first-order valence-electron chi connectivity index (χ1n) is 8.54. The van der Waals surface area contributed by atoms with Crippen LogP contribution in [0.2, 0.25) is 5.02 Å². The number of ether oxygens (including phenoxy) is 1. The van der Waals surface area contributed by atoms with Gasteiger partial charge in [-0.2, -0.15) is 0 Å². The molecule has 0 aliphatic carbocycles. The Hall–Kier alpha value is -2.39. The monoisotopic (exact) mass is 421 g/mol. The molecule has 9 heteroatoms. The third-order valence-electron chi connectivity index (χ3n) is 4.13. The number of aromatic amines is 1. The van der Waals surface area contributed by atoms with Crippen LogP contribution in [0.3, 0.4) is 0 Å². The molecule has 0 atom stereocenters. The van der Waals surface area contributed by atoms with Gasteiger partial charge in [0.15, 0.2) is 0 Å². The first-order valence-corrected chi connectivity index (χ1v) is 10.4. The second-order valence-electron chi connectivity index (χ2n) is 6.10. The minimum absolute atomic E-state index is 0.156. The van der Waals surface area contributed by atoms with Crippen molar-refractivity contribution in [3.8, 4) is 0 Å². The number of aromatic nitrogens is 1. The Morgan fingerprint density at radius 2 is 1.93 bits per heavy atom. The maximum absolute atomic E-state index is 12.4. The van der Waals surface area contributed by atoms with E-state index in [-0.39, 0.29) is 23.9 Å². The van der Waals surface area contributed by atoms with Crippen molar-refractivity contribution in [3.05, 3.63) is 64.8 Å². The van der Waals surface area contributed by atoms with Gasteiger partial charge in [0.05, 0.1) is 22.0 Å². The summed E-state index contributed by atoms with van der Waals surface area (Å²) in [6, 6.07) is 13.5. The lowest BCUT2D eigenvalue weighted by molar-refractivity contribution is 0.0946. The van der Waals surface area contributed by atoms with Crippen LogP contribution >= 0.6 is 11.6 Å². The number of sulfonamides is 1. The lowest BCUT2D eigenvalue weighted by atomic mass is 10.2. The Labute approximate surface area is 168 Å². The molecular weight excluding hydrogens is 402 g/mol. The van der Waals surface area contributed by atoms with Gasteiger partial charge in [0.25, 0.3) is 5.91 Å². The number of para-hydroxylation sites is 1. The molecule has 0 bridgehead atoms. The SMILES string of the molecule is COCCNS(=O)(=O)c1ccc(CNC(=O)c2cc3cccc(Cl)c3[nH]2)cc1. The number of H-pyrrole nitrogens is 1. The van der Waals surface area contributed by atoms with Gasteiger partial charge in [0.2, 0.25) is 10.0 Å². The molecule has 1 amide bonds. The molecular formula is C19H20ClN3O4S. The number of halogens is 1. The fourth-order valence-corrected chi connectivity index (χ4v) is 3.91. The highest BCUT2D eigenvalue weighted by Gasteiger charge is 2.14. The molecule has 0 spiro atoms. The normalized spacial score (nSPS) is 11.6. The van der Waals surface area contributed by atoms with Gasteiger partial charge in [-0.25, -0.2) is 13.1 Å². The number of amides is 1. The van der Waals surface area contributed by atoms with Crippen LogP contribution in [0.5, 0.6) is 0 Å². The van der Waals surface area contributed by atoms with Crippen LogP contribution < -0.4 is 10.0 Å². The summed E-state index contributed by atoms with van der Waals surface area (Å²) >= 11 is 6.12. The number of hydrogen-bond acceptors (Lipinski definition) is 4. The number of carbonyl (C=O) groups excluding carboxylic acids is 1. The Bertz CT molecular complexity index is 1080. The maximum Gasteiger partial charge on any atom is 0.267 e. The number of fused-ring (bicyclic) bond motifs is 1. The Kier molecular flexibility index (Phi) is 6.35. The predicted molar refractivity (Wildman–Crippen MR) is 108 cm³/mol. The lowest BCUT2D eigenvalue weighted by Gasteiger charge is -2.08. The third kappa shape index (κ3) is 4.71. The molecule has 1 aromatic heterocycles. The van der Waals surface area contributed by atoms with Crippen molar-refractivity contribution < 1.29 is 17.9 Å². The molecule has 0 saturated carbocycles. The van der Waals surface area contributed by atoms with E-state index < -0.39 is 10.0 Å². The minimum Gasteiger partial charge on any atom is -0.383 e. The van der Waals surface area contributed by atoms with E-state index in [4.69, 9.17) is 16.3 Å². The van der Waals surface area contributed by atoms with E-state index in [1.165, 1.54) is 19.2 Å². The van der Waals surface area contributed by atoms with Gasteiger partial charge in [-0.3, -0.25) is 4.79 Å². The van der Waals surface area contributed by atoms with Crippen molar-refractivity contribution >= 4 is 38.4 Å². The van der Waals surface area contributed by atoms with Crippen molar-refractivity contribution in [3.63, 3.8) is 0 Å². The zero-order valence-electron chi connectivity index (χ0n) is 15.2. The summed E-state index contributed by atoms with van der Waals surface area (Å²) in [4.78, 5) is 15.5. The number of hydrogen-bond donors (Lipinski definition) is 3. The largest absolute Gasteiger partial charge is 0.383 e. The van der Waals surface area contributed by atoms with Crippen LogP contribution in [0.25, 0.3) is 10.9 Å². The van der Waals surface area contributed by atoms with E-state index in [9.17, 15) is 13.2 Å². The smallest absolute Gasteiger partial charge is 0.267 e. The summed E-state index contributed by atoms with van der Waals surface area (Å²) in [7, 11) is -2.08. The molecule has 0 aliphatic rings. The Balaban J connectivity index is 1.62. The highest BCUT2D eigenvalue weighted by Crippen LogP contribution is 2.23. The molecule has 0 unspecified atom stereocenters. The number of nitrogens with one attached hydrogen (secondary N) is 3. The lowest BCUT2D eigenvalue weighted by Crippen LogP contribution is -2.27. The van der Waals surface area contributed by atoms with Crippen LogP contribution in [0.4, 0.5) is 0 Å². The fourth-order valence-electron chi connectivity index (χ4n) is 2.67. The van der Waals surface area contributed by atoms with Crippen molar-refractivity contribution in [2.75, 3.05) is 20.3 Å². The van der Waals surface area contributed by atoms with E-state index in [1.54, 1.807) is 24.3 Å². The molecule has 3 N–H and O–H groups in total. The van der Waals surface area contributed by atoms with E-state index in [0.29, 0.717) is 22.8 Å². The number of methoxy groups -OCH3 is 1. The van der Waals surface area contributed by atoms with Crippen molar-refractivity contribution in [2.45, 2.75) is 11.4 Å². The van der Waals surface area contributed by atoms with Gasteiger partial charge >= 0.3 is 0 Å². The van der Waals surface area contributed by atoms with Crippen LogP contribution in [0.1, 0.15) is 16.1 Å². The summed E-state index contributed by atoms with van der Waals surface area (Å²) in [5.41, 5.74) is 1.90. The molecule has 2 aromatic carbocycles. The minimum atomic E-state index is -3.58. The second kappa shape index (κ2) is 8.74. The molecule has 1 heterocycles. The quantitative estimate of drug-likeness (QED) is 0.487. The topological polar surface area (TPSA) is 100 Å². The number of carbonyl (C=O) groups is 1. The average Bonchev–Trinajstić information content (AvgIpc) is 3.12.